The fourth-order valence-corrected chi connectivity index (χ4v) is 21.1. The Labute approximate surface area is 508 Å². The lowest BCUT2D eigenvalue weighted by Crippen LogP contribution is -2.56. The van der Waals surface area contributed by atoms with Gasteiger partial charge in [0.05, 0.1) is 23.5 Å². The Morgan fingerprint density at radius 3 is 1.21 bits per heavy atom. The first-order valence-electron chi connectivity index (χ1n) is 30.9. The van der Waals surface area contributed by atoms with Crippen molar-refractivity contribution >= 4 is 59.1 Å². The molecule has 3 aromatic rings. The first-order valence-corrected chi connectivity index (χ1v) is 46.5. The minimum atomic E-state index is -1.80. The second-order valence-electron chi connectivity index (χ2n) is 31.4. The van der Waals surface area contributed by atoms with Gasteiger partial charge in [-0.2, -0.15) is 0 Å². The maximum Gasteiger partial charge on any atom is 0.229 e. The molecule has 0 aromatic heterocycles. The van der Waals surface area contributed by atoms with Crippen LogP contribution in [-0.2, 0) is 27.7 Å². The summed E-state index contributed by atoms with van der Waals surface area (Å²) in [5.74, 6) is 1.65. The van der Waals surface area contributed by atoms with E-state index in [1.807, 2.05) is 69.3 Å². The highest BCUT2D eigenvalue weighted by Crippen LogP contribution is 2.44. The highest BCUT2D eigenvalue weighted by atomic mass is 28.4. The van der Waals surface area contributed by atoms with Gasteiger partial charge in [-0.1, -0.05) is 213 Å². The SMILES string of the molecule is CN([Si](C)(C)C)[Si](C)(C)C.C[C@H](c1ccccc1)N1C[C@H](CO[Si](C)(C)C(C)(C)C)C(C)(C)C1=O.C[C@H](c1ccccc1)N1C[C@H](CO[Si](C)(C)C(C)(C)C)CC1=O.C[C@H](c1ccccc1)N1C[C@H](CO[Si](C)(C)C(C)(C)C)[C@@H](C)C1=O. The smallest absolute Gasteiger partial charge is 0.229 e. The van der Waals surface area contributed by atoms with Crippen LogP contribution in [0.3, 0.4) is 0 Å². The van der Waals surface area contributed by atoms with Gasteiger partial charge in [0.15, 0.2) is 25.0 Å². The molecular weight excluding hydrogens is 1100 g/mol. The van der Waals surface area contributed by atoms with Crippen LogP contribution < -0.4 is 0 Å². The lowest BCUT2D eigenvalue weighted by atomic mass is 9.82. The zero-order valence-electron chi connectivity index (χ0n) is 57.4. The first-order chi connectivity index (χ1) is 37.2. The fourth-order valence-electron chi connectivity index (χ4n) is 9.83. The lowest BCUT2D eigenvalue weighted by molar-refractivity contribution is -0.137. The van der Waals surface area contributed by atoms with E-state index in [0.717, 1.165) is 19.6 Å². The molecule has 0 bridgehead atoms. The molecule has 3 aliphatic heterocycles. The molecular formula is C67H120N4O6Si5. The summed E-state index contributed by atoms with van der Waals surface area (Å²) >= 11 is 0. The van der Waals surface area contributed by atoms with Crippen LogP contribution in [0.2, 0.25) is 93.7 Å². The van der Waals surface area contributed by atoms with Crippen LogP contribution in [0.4, 0.5) is 0 Å². The monoisotopic (exact) mass is 1220 g/mol. The third kappa shape index (κ3) is 19.8. The van der Waals surface area contributed by atoms with Crippen LogP contribution in [0.15, 0.2) is 91.0 Å². The van der Waals surface area contributed by atoms with Gasteiger partial charge in [-0.25, -0.2) is 0 Å². The molecule has 82 heavy (non-hydrogen) atoms. The summed E-state index contributed by atoms with van der Waals surface area (Å²) in [6.07, 6.45) is 0.617. The number of hydrogen-bond donors (Lipinski definition) is 0. The predicted molar refractivity (Wildman–Crippen MR) is 362 cm³/mol. The number of likely N-dealkylation sites (tertiary alicyclic amines) is 3. The third-order valence-electron chi connectivity index (χ3n) is 20.0. The van der Waals surface area contributed by atoms with Gasteiger partial charge < -0.3 is 32.2 Å². The Kier molecular flexibility index (Phi) is 25.6. The standard InChI is InChI=1S/C21H35NO2Si.C20H33NO2Si.C19H31NO2Si.C7H21NSi2/c1-16(17-12-10-9-11-13-17)22-14-18(21(5,6)19(22)23)15-24-25(7,8)20(2,3)4;1-15-18(14-23-24(6,7)20(3,4)5)13-21(19(15)22)16(2)17-11-9-8-10-12-17;1-15(17-10-8-7-9-11-17)20-13-16(12-18(20)21)14-22-23(5,6)19(2,3)4;1-8(9(2,3)4)10(5,6)7/h9-13,16,18H,14-15H2,1-8H3;8-12,15-16,18H,13-14H2,1-7H3;7-11,15-16H,12-14H2,1-6H3;1-7H3/t16-,18-;15-,16-,18-;15-,16-;/m111./s1. The summed E-state index contributed by atoms with van der Waals surface area (Å²) in [5.41, 5.74) is 3.22. The Balaban J connectivity index is 0.000000298. The molecule has 10 nitrogen and oxygen atoms in total. The van der Waals surface area contributed by atoms with Crippen molar-refractivity contribution in [2.24, 2.45) is 29.1 Å². The molecule has 0 aliphatic carbocycles. The van der Waals surface area contributed by atoms with Crippen LogP contribution in [0.25, 0.3) is 0 Å². The van der Waals surface area contributed by atoms with Crippen molar-refractivity contribution in [3.63, 3.8) is 0 Å². The molecule has 0 unspecified atom stereocenters. The van der Waals surface area contributed by atoms with E-state index >= 15 is 0 Å². The number of carbonyl (C=O) groups is 3. The Morgan fingerprint density at radius 1 is 0.512 bits per heavy atom. The second-order valence-corrected chi connectivity index (χ2v) is 56.3. The lowest BCUT2D eigenvalue weighted by Gasteiger charge is -2.40. The maximum absolute atomic E-state index is 13.1. The van der Waals surface area contributed by atoms with Crippen molar-refractivity contribution in [3.8, 4) is 0 Å². The minimum Gasteiger partial charge on any atom is -0.416 e. The third-order valence-corrected chi connectivity index (χ3v) is 41.5. The average Bonchev–Trinajstić information content (AvgIpc) is 4.05. The molecule has 0 spiro atoms. The highest BCUT2D eigenvalue weighted by Gasteiger charge is 2.50. The second kappa shape index (κ2) is 28.7. The number of carbonyl (C=O) groups excluding carboxylic acids is 3. The van der Waals surface area contributed by atoms with Crippen LogP contribution in [0.1, 0.15) is 145 Å². The van der Waals surface area contributed by atoms with Gasteiger partial charge in [-0.3, -0.25) is 14.4 Å². The van der Waals surface area contributed by atoms with E-state index in [1.165, 1.54) is 16.7 Å². The van der Waals surface area contributed by atoms with Gasteiger partial charge in [-0.05, 0) is 98.9 Å². The molecule has 3 fully saturated rings. The zero-order chi connectivity index (χ0) is 63.0. The fraction of sp³-hybridized carbons (Fsp3) is 0.687. The molecule has 3 aromatic carbocycles. The Hall–Kier alpha value is -3.01. The van der Waals surface area contributed by atoms with Crippen molar-refractivity contribution in [1.82, 2.24) is 18.9 Å². The van der Waals surface area contributed by atoms with Gasteiger partial charge in [0.25, 0.3) is 0 Å². The maximum atomic E-state index is 13.1. The number of hydrogen-bond acceptors (Lipinski definition) is 7. The molecule has 7 atom stereocenters. The molecule has 3 aliphatic rings. The molecule has 3 amide bonds. The van der Waals surface area contributed by atoms with E-state index in [-0.39, 0.29) is 74.1 Å². The van der Waals surface area contributed by atoms with E-state index in [4.69, 9.17) is 13.3 Å². The van der Waals surface area contributed by atoms with Crippen molar-refractivity contribution in [3.05, 3.63) is 108 Å². The van der Waals surface area contributed by atoms with Crippen molar-refractivity contribution < 1.29 is 27.7 Å². The summed E-state index contributed by atoms with van der Waals surface area (Å²) in [6, 6.07) is 31.2. The van der Waals surface area contributed by atoms with Crippen molar-refractivity contribution in [2.45, 2.75) is 222 Å². The van der Waals surface area contributed by atoms with E-state index in [2.05, 4.69) is 230 Å². The zero-order valence-corrected chi connectivity index (χ0v) is 62.4. The highest BCUT2D eigenvalue weighted by molar-refractivity contribution is 6.89. The van der Waals surface area contributed by atoms with Gasteiger partial charge >= 0.3 is 0 Å². The normalized spacial score (nSPS) is 21.3. The van der Waals surface area contributed by atoms with Crippen molar-refractivity contribution in [2.75, 3.05) is 46.5 Å². The van der Waals surface area contributed by atoms with E-state index in [0.29, 0.717) is 32.2 Å². The number of nitrogens with zero attached hydrogens (tertiary/aromatic N) is 4. The summed E-state index contributed by atoms with van der Waals surface area (Å²) in [5, 5.41) is 0.610. The average molecular weight is 1220 g/mol. The molecule has 15 heteroatoms. The number of rotatable bonds is 17. The Bertz CT molecular complexity index is 2450. The van der Waals surface area contributed by atoms with E-state index in [1.54, 1.807) is 0 Å². The molecule has 0 radical (unpaired) electrons. The topological polar surface area (TPSA) is 91.9 Å². The van der Waals surface area contributed by atoms with E-state index < -0.39 is 41.4 Å². The first kappa shape index (κ1) is 73.3. The number of amides is 3. The molecule has 3 saturated heterocycles. The number of benzene rings is 3. The van der Waals surface area contributed by atoms with Gasteiger partial charge in [0.1, 0.15) is 16.5 Å². The van der Waals surface area contributed by atoms with Crippen LogP contribution in [0, 0.1) is 29.1 Å². The molecule has 6 rings (SSSR count). The largest absolute Gasteiger partial charge is 0.416 e. The molecule has 3 heterocycles. The quantitative estimate of drug-likeness (QED) is 0.124. The van der Waals surface area contributed by atoms with Gasteiger partial charge in [0.2, 0.25) is 17.7 Å². The molecule has 464 valence electrons. The van der Waals surface area contributed by atoms with Crippen LogP contribution >= 0.6 is 0 Å². The minimum absolute atomic E-state index is 0.0425. The van der Waals surface area contributed by atoms with Crippen molar-refractivity contribution in [1.29, 1.82) is 0 Å². The summed E-state index contributed by atoms with van der Waals surface area (Å²) < 4.78 is 21.8. The molecule has 0 saturated carbocycles. The van der Waals surface area contributed by atoms with Crippen LogP contribution in [-0.4, -0.2) is 125 Å². The summed E-state index contributed by atoms with van der Waals surface area (Å²) in [6.45, 7) is 65.4. The summed E-state index contributed by atoms with van der Waals surface area (Å²) in [4.78, 5) is 44.3. The van der Waals surface area contributed by atoms with Gasteiger partial charge in [0, 0.05) is 69.5 Å². The van der Waals surface area contributed by atoms with Gasteiger partial charge in [-0.15, -0.1) is 0 Å². The van der Waals surface area contributed by atoms with Crippen LogP contribution in [0.5, 0.6) is 0 Å². The van der Waals surface area contributed by atoms with E-state index in [9.17, 15) is 14.4 Å². The molecule has 0 N–H and O–H groups in total. The predicted octanol–water partition coefficient (Wildman–Crippen LogP) is 17.3. The Morgan fingerprint density at radius 2 is 0.854 bits per heavy atom. The summed E-state index contributed by atoms with van der Waals surface area (Å²) in [7, 11) is -5.02.